The average molecular weight is 240 g/mol. The zero-order valence-corrected chi connectivity index (χ0v) is 9.65. The van der Waals surface area contributed by atoms with E-state index < -0.39 is 0 Å². The number of benzene rings is 1. The van der Waals surface area contributed by atoms with Gasteiger partial charge >= 0.3 is 0 Å². The van der Waals surface area contributed by atoms with Gasteiger partial charge in [-0.2, -0.15) is 0 Å². The Morgan fingerprint density at radius 3 is 2.83 bits per heavy atom. The Labute approximate surface area is 104 Å². The summed E-state index contributed by atoms with van der Waals surface area (Å²) in [5.41, 5.74) is 7.08. The smallest absolute Gasteiger partial charge is 0.189 e. The molecule has 0 aliphatic heterocycles. The van der Waals surface area contributed by atoms with Crippen LogP contribution in [0.1, 0.15) is 5.82 Å². The largest absolute Gasteiger partial charge is 0.486 e. The van der Waals surface area contributed by atoms with E-state index in [1.54, 1.807) is 22.8 Å². The fourth-order valence-corrected chi connectivity index (χ4v) is 1.67. The van der Waals surface area contributed by atoms with Gasteiger partial charge < -0.3 is 10.5 Å². The quantitative estimate of drug-likeness (QED) is 0.759. The molecule has 0 saturated heterocycles. The van der Waals surface area contributed by atoms with Crippen molar-refractivity contribution in [2.75, 3.05) is 5.73 Å². The molecule has 2 aromatic heterocycles. The highest BCUT2D eigenvalue weighted by Crippen LogP contribution is 2.11. The van der Waals surface area contributed by atoms with Crippen molar-refractivity contribution in [3.8, 4) is 5.75 Å². The lowest BCUT2D eigenvalue weighted by molar-refractivity contribution is 0.296. The predicted molar refractivity (Wildman–Crippen MR) is 68.2 cm³/mol. The van der Waals surface area contributed by atoms with Crippen LogP contribution in [0.25, 0.3) is 5.65 Å². The average Bonchev–Trinajstić information content (AvgIpc) is 2.79. The van der Waals surface area contributed by atoms with Gasteiger partial charge in [0.15, 0.2) is 11.5 Å². The van der Waals surface area contributed by atoms with Crippen LogP contribution in [-0.4, -0.2) is 14.6 Å². The maximum atomic E-state index is 5.69. The van der Waals surface area contributed by atoms with E-state index in [1.807, 2.05) is 30.3 Å². The Morgan fingerprint density at radius 1 is 1.17 bits per heavy atom. The standard InChI is InChI=1S/C13H12N4O/c14-10-6-7-17-13(8-10)15-12(16-17)9-18-11-4-2-1-3-5-11/h1-8H,9,14H2. The number of hydrogen-bond donors (Lipinski definition) is 1. The van der Waals surface area contributed by atoms with Crippen molar-refractivity contribution >= 4 is 11.3 Å². The summed E-state index contributed by atoms with van der Waals surface area (Å²) in [5, 5.41) is 4.29. The van der Waals surface area contributed by atoms with Crippen LogP contribution in [0.5, 0.6) is 5.75 Å². The molecule has 18 heavy (non-hydrogen) atoms. The molecule has 0 unspecified atom stereocenters. The maximum absolute atomic E-state index is 5.69. The number of para-hydroxylation sites is 1. The normalized spacial score (nSPS) is 10.7. The highest BCUT2D eigenvalue weighted by molar-refractivity contribution is 5.50. The van der Waals surface area contributed by atoms with Gasteiger partial charge in [-0.3, -0.25) is 0 Å². The van der Waals surface area contributed by atoms with E-state index in [2.05, 4.69) is 10.1 Å². The van der Waals surface area contributed by atoms with Crippen LogP contribution in [-0.2, 0) is 6.61 Å². The summed E-state index contributed by atoms with van der Waals surface area (Å²) in [4.78, 5) is 4.34. The zero-order chi connectivity index (χ0) is 12.4. The van der Waals surface area contributed by atoms with Gasteiger partial charge in [0.05, 0.1) is 0 Å². The van der Waals surface area contributed by atoms with E-state index in [1.165, 1.54) is 0 Å². The minimum Gasteiger partial charge on any atom is -0.486 e. The number of anilines is 1. The van der Waals surface area contributed by atoms with Gasteiger partial charge in [0.1, 0.15) is 12.4 Å². The Balaban J connectivity index is 1.79. The maximum Gasteiger partial charge on any atom is 0.189 e. The number of fused-ring (bicyclic) bond motifs is 1. The van der Waals surface area contributed by atoms with E-state index in [9.17, 15) is 0 Å². The third-order valence-corrected chi connectivity index (χ3v) is 2.52. The molecule has 0 saturated carbocycles. The van der Waals surface area contributed by atoms with Crippen molar-refractivity contribution < 1.29 is 4.74 Å². The van der Waals surface area contributed by atoms with Gasteiger partial charge in [0.25, 0.3) is 0 Å². The lowest BCUT2D eigenvalue weighted by Crippen LogP contribution is -1.97. The Hall–Kier alpha value is -2.56. The van der Waals surface area contributed by atoms with E-state index in [0.717, 1.165) is 11.4 Å². The highest BCUT2D eigenvalue weighted by atomic mass is 16.5. The van der Waals surface area contributed by atoms with Gasteiger partial charge in [-0.1, -0.05) is 18.2 Å². The molecule has 0 atom stereocenters. The molecule has 0 aliphatic rings. The van der Waals surface area contributed by atoms with Crippen molar-refractivity contribution in [2.45, 2.75) is 6.61 Å². The molecule has 2 heterocycles. The molecule has 0 spiro atoms. The lowest BCUT2D eigenvalue weighted by atomic mass is 10.3. The molecule has 3 rings (SSSR count). The Morgan fingerprint density at radius 2 is 2.00 bits per heavy atom. The van der Waals surface area contributed by atoms with Crippen molar-refractivity contribution in [3.05, 3.63) is 54.5 Å². The van der Waals surface area contributed by atoms with Crippen molar-refractivity contribution in [1.82, 2.24) is 14.6 Å². The van der Waals surface area contributed by atoms with E-state index in [0.29, 0.717) is 18.1 Å². The van der Waals surface area contributed by atoms with Crippen molar-refractivity contribution in [1.29, 1.82) is 0 Å². The molecule has 0 radical (unpaired) electrons. The molecule has 5 heteroatoms. The predicted octanol–water partition coefficient (Wildman–Crippen LogP) is 1.89. The second kappa shape index (κ2) is 4.37. The summed E-state index contributed by atoms with van der Waals surface area (Å²) < 4.78 is 7.26. The molecule has 1 aromatic carbocycles. The SMILES string of the molecule is Nc1ccn2nc(COc3ccccc3)nc2c1. The van der Waals surface area contributed by atoms with Crippen LogP contribution in [0.15, 0.2) is 48.7 Å². The number of aromatic nitrogens is 3. The number of pyridine rings is 1. The first kappa shape index (κ1) is 10.6. The summed E-state index contributed by atoms with van der Waals surface area (Å²) in [6.45, 7) is 0.339. The third-order valence-electron chi connectivity index (χ3n) is 2.52. The van der Waals surface area contributed by atoms with Gasteiger partial charge in [0, 0.05) is 18.0 Å². The highest BCUT2D eigenvalue weighted by Gasteiger charge is 2.04. The summed E-state index contributed by atoms with van der Waals surface area (Å²) in [5.74, 6) is 1.43. The minimum atomic E-state index is 0.339. The lowest BCUT2D eigenvalue weighted by Gasteiger charge is -2.01. The second-order valence-electron chi connectivity index (χ2n) is 3.89. The molecule has 3 aromatic rings. The van der Waals surface area contributed by atoms with E-state index >= 15 is 0 Å². The number of hydrogen-bond acceptors (Lipinski definition) is 4. The number of nitrogen functional groups attached to an aromatic ring is 1. The van der Waals surface area contributed by atoms with E-state index in [4.69, 9.17) is 10.5 Å². The van der Waals surface area contributed by atoms with Crippen molar-refractivity contribution in [2.24, 2.45) is 0 Å². The van der Waals surface area contributed by atoms with Crippen LogP contribution in [0.4, 0.5) is 5.69 Å². The van der Waals surface area contributed by atoms with Crippen molar-refractivity contribution in [3.63, 3.8) is 0 Å². The summed E-state index contributed by atoms with van der Waals surface area (Å²) in [6, 6.07) is 13.1. The van der Waals surface area contributed by atoms with Crippen LogP contribution < -0.4 is 10.5 Å². The molecule has 0 amide bonds. The molecule has 90 valence electrons. The Kier molecular flexibility index (Phi) is 2.57. The summed E-state index contributed by atoms with van der Waals surface area (Å²) >= 11 is 0. The molecule has 0 bridgehead atoms. The third kappa shape index (κ3) is 2.10. The molecular weight excluding hydrogens is 228 g/mol. The summed E-state index contributed by atoms with van der Waals surface area (Å²) in [6.07, 6.45) is 1.78. The number of nitrogens with zero attached hydrogens (tertiary/aromatic N) is 3. The van der Waals surface area contributed by atoms with Gasteiger partial charge in [0.2, 0.25) is 0 Å². The van der Waals surface area contributed by atoms with Gasteiger partial charge in [-0.25, -0.2) is 9.50 Å². The monoisotopic (exact) mass is 240 g/mol. The fraction of sp³-hybridized carbons (Fsp3) is 0.0769. The van der Waals surface area contributed by atoms with Crippen LogP contribution in [0.3, 0.4) is 0 Å². The molecule has 0 aliphatic carbocycles. The second-order valence-corrected chi connectivity index (χ2v) is 3.89. The number of rotatable bonds is 3. The van der Waals surface area contributed by atoms with Crippen LogP contribution >= 0.6 is 0 Å². The minimum absolute atomic E-state index is 0.339. The number of nitrogens with two attached hydrogens (primary N) is 1. The molecule has 0 fully saturated rings. The zero-order valence-electron chi connectivity index (χ0n) is 9.65. The first-order valence-electron chi connectivity index (χ1n) is 5.60. The molecule has 5 nitrogen and oxygen atoms in total. The first-order chi connectivity index (χ1) is 8.81. The fourth-order valence-electron chi connectivity index (χ4n) is 1.67. The van der Waals surface area contributed by atoms with Gasteiger partial charge in [-0.05, 0) is 18.2 Å². The Bertz CT molecular complexity index is 663. The van der Waals surface area contributed by atoms with E-state index in [-0.39, 0.29) is 0 Å². The van der Waals surface area contributed by atoms with Crippen LogP contribution in [0.2, 0.25) is 0 Å². The molecular formula is C13H12N4O. The van der Waals surface area contributed by atoms with Gasteiger partial charge in [-0.15, -0.1) is 5.10 Å². The number of ether oxygens (including phenoxy) is 1. The topological polar surface area (TPSA) is 65.4 Å². The first-order valence-corrected chi connectivity index (χ1v) is 5.60. The summed E-state index contributed by atoms with van der Waals surface area (Å²) in [7, 11) is 0. The molecule has 2 N–H and O–H groups in total. The van der Waals surface area contributed by atoms with Crippen LogP contribution in [0, 0.1) is 0 Å².